The molecular weight excluding hydrogens is 336 g/mol. The number of sulfonamides is 1. The molecule has 0 fully saturated rings. The fourth-order valence-electron chi connectivity index (χ4n) is 1.86. The first-order valence-corrected chi connectivity index (χ1v) is 9.21. The van der Waals surface area contributed by atoms with Crippen LogP contribution in [0.4, 0.5) is 5.82 Å². The highest BCUT2D eigenvalue weighted by Crippen LogP contribution is 2.20. The normalized spacial score (nSPS) is 11.2. The van der Waals surface area contributed by atoms with Crippen LogP contribution < -0.4 is 15.4 Å². The minimum absolute atomic E-state index is 0.184. The molecule has 0 atom stereocenters. The van der Waals surface area contributed by atoms with Crippen molar-refractivity contribution in [1.29, 1.82) is 0 Å². The number of carbonyl (C=O) groups excluding carboxylic acids is 1. The standard InChI is InChI=1S/C14H18N4O3S2/c1-10-5-6-12(22-10)23(20,21)18-9-8-17-13-11(14(19)15-2)4-3-7-16-13/h3-7,18H,8-9H2,1-2H3,(H,15,19)(H,16,17). The Morgan fingerprint density at radius 1 is 1.26 bits per heavy atom. The number of rotatable bonds is 7. The Labute approximate surface area is 139 Å². The summed E-state index contributed by atoms with van der Waals surface area (Å²) in [6.07, 6.45) is 1.56. The highest BCUT2D eigenvalue weighted by Gasteiger charge is 2.15. The summed E-state index contributed by atoms with van der Waals surface area (Å²) in [4.78, 5) is 16.7. The summed E-state index contributed by atoms with van der Waals surface area (Å²) in [6.45, 7) is 2.35. The molecule has 0 aliphatic rings. The molecule has 3 N–H and O–H groups in total. The van der Waals surface area contributed by atoms with E-state index in [9.17, 15) is 13.2 Å². The van der Waals surface area contributed by atoms with E-state index in [1.807, 2.05) is 6.92 Å². The van der Waals surface area contributed by atoms with E-state index in [0.29, 0.717) is 22.1 Å². The Morgan fingerprint density at radius 2 is 2.04 bits per heavy atom. The smallest absolute Gasteiger partial charge is 0.254 e. The maximum absolute atomic E-state index is 12.1. The molecule has 0 bridgehead atoms. The predicted octanol–water partition coefficient (Wildman–Crippen LogP) is 1.20. The average Bonchev–Trinajstić information content (AvgIpc) is 2.98. The zero-order valence-electron chi connectivity index (χ0n) is 12.8. The van der Waals surface area contributed by atoms with E-state index in [4.69, 9.17) is 0 Å². The average molecular weight is 354 g/mol. The van der Waals surface area contributed by atoms with Crippen molar-refractivity contribution in [2.75, 3.05) is 25.5 Å². The van der Waals surface area contributed by atoms with Crippen LogP contribution in [-0.2, 0) is 10.0 Å². The van der Waals surface area contributed by atoms with Gasteiger partial charge in [-0.3, -0.25) is 4.79 Å². The molecule has 9 heteroatoms. The van der Waals surface area contributed by atoms with Gasteiger partial charge in [0, 0.05) is 31.2 Å². The predicted molar refractivity (Wildman–Crippen MR) is 90.4 cm³/mol. The SMILES string of the molecule is CNC(=O)c1cccnc1NCCNS(=O)(=O)c1ccc(C)s1. The van der Waals surface area contributed by atoms with E-state index in [-0.39, 0.29) is 12.5 Å². The Balaban J connectivity index is 1.92. The molecule has 2 rings (SSSR count). The van der Waals surface area contributed by atoms with Crippen LogP contribution in [0.5, 0.6) is 0 Å². The Kier molecular flexibility index (Phi) is 5.69. The van der Waals surface area contributed by atoms with Gasteiger partial charge in [0.1, 0.15) is 10.0 Å². The van der Waals surface area contributed by atoms with Crippen molar-refractivity contribution in [3.63, 3.8) is 0 Å². The molecule has 23 heavy (non-hydrogen) atoms. The van der Waals surface area contributed by atoms with Crippen LogP contribution >= 0.6 is 11.3 Å². The minimum atomic E-state index is -3.50. The second-order valence-corrected chi connectivity index (χ2v) is 7.95. The zero-order chi connectivity index (χ0) is 16.9. The van der Waals surface area contributed by atoms with Gasteiger partial charge in [-0.2, -0.15) is 0 Å². The van der Waals surface area contributed by atoms with Crippen LogP contribution in [0.3, 0.4) is 0 Å². The first kappa shape index (κ1) is 17.4. The lowest BCUT2D eigenvalue weighted by molar-refractivity contribution is 0.0963. The van der Waals surface area contributed by atoms with Crippen LogP contribution in [0, 0.1) is 6.92 Å². The maximum atomic E-state index is 12.1. The van der Waals surface area contributed by atoms with E-state index in [2.05, 4.69) is 20.3 Å². The lowest BCUT2D eigenvalue weighted by Crippen LogP contribution is -2.29. The monoisotopic (exact) mass is 354 g/mol. The Bertz CT molecular complexity index is 787. The zero-order valence-corrected chi connectivity index (χ0v) is 14.4. The minimum Gasteiger partial charge on any atom is -0.368 e. The topological polar surface area (TPSA) is 100 Å². The van der Waals surface area contributed by atoms with E-state index in [1.165, 1.54) is 18.4 Å². The number of hydrogen-bond acceptors (Lipinski definition) is 6. The van der Waals surface area contributed by atoms with Crippen molar-refractivity contribution >= 4 is 33.1 Å². The summed E-state index contributed by atoms with van der Waals surface area (Å²) >= 11 is 1.22. The first-order chi connectivity index (χ1) is 10.9. The highest BCUT2D eigenvalue weighted by molar-refractivity contribution is 7.91. The highest BCUT2D eigenvalue weighted by atomic mass is 32.2. The number of anilines is 1. The molecule has 0 radical (unpaired) electrons. The fraction of sp³-hybridized carbons (Fsp3) is 0.286. The third kappa shape index (κ3) is 4.50. The molecule has 0 spiro atoms. The van der Waals surface area contributed by atoms with Gasteiger partial charge >= 0.3 is 0 Å². The largest absolute Gasteiger partial charge is 0.368 e. The lowest BCUT2D eigenvalue weighted by atomic mass is 10.2. The van der Waals surface area contributed by atoms with Crippen LogP contribution in [0.25, 0.3) is 0 Å². The number of amides is 1. The summed E-state index contributed by atoms with van der Waals surface area (Å²) in [5.41, 5.74) is 0.409. The van der Waals surface area contributed by atoms with Crippen LogP contribution in [0.1, 0.15) is 15.2 Å². The third-order valence-electron chi connectivity index (χ3n) is 2.97. The van der Waals surface area contributed by atoms with E-state index >= 15 is 0 Å². The molecular formula is C14H18N4O3S2. The number of carbonyl (C=O) groups is 1. The molecule has 0 unspecified atom stereocenters. The summed E-state index contributed by atoms with van der Waals surface area (Å²) in [5, 5.41) is 5.49. The first-order valence-electron chi connectivity index (χ1n) is 6.91. The summed E-state index contributed by atoms with van der Waals surface area (Å²) in [5.74, 6) is 0.160. The summed E-state index contributed by atoms with van der Waals surface area (Å²) < 4.78 is 26.9. The van der Waals surface area contributed by atoms with Crippen molar-refractivity contribution in [3.8, 4) is 0 Å². The van der Waals surface area contributed by atoms with Gasteiger partial charge < -0.3 is 10.6 Å². The van der Waals surface area contributed by atoms with E-state index < -0.39 is 10.0 Å². The number of aryl methyl sites for hydroxylation is 1. The molecule has 1 amide bonds. The Morgan fingerprint density at radius 3 is 2.70 bits per heavy atom. The number of nitrogens with zero attached hydrogens (tertiary/aromatic N) is 1. The van der Waals surface area contributed by atoms with Crippen molar-refractivity contribution in [3.05, 3.63) is 40.9 Å². The number of nitrogens with one attached hydrogen (secondary N) is 3. The molecule has 0 saturated carbocycles. The Hall–Kier alpha value is -1.97. The van der Waals surface area contributed by atoms with Crippen LogP contribution in [0.15, 0.2) is 34.7 Å². The quantitative estimate of drug-likeness (QED) is 0.649. The van der Waals surface area contributed by atoms with Gasteiger partial charge in [-0.25, -0.2) is 18.1 Å². The molecule has 2 aromatic heterocycles. The third-order valence-corrected chi connectivity index (χ3v) is 5.92. The molecule has 0 saturated heterocycles. The molecule has 2 aromatic rings. The van der Waals surface area contributed by atoms with Crippen LogP contribution in [-0.4, -0.2) is 39.4 Å². The van der Waals surface area contributed by atoms with Gasteiger partial charge in [-0.05, 0) is 31.2 Å². The summed E-state index contributed by atoms with van der Waals surface area (Å²) in [6, 6.07) is 6.66. The van der Waals surface area contributed by atoms with Crippen molar-refractivity contribution in [2.24, 2.45) is 0 Å². The maximum Gasteiger partial charge on any atom is 0.254 e. The van der Waals surface area contributed by atoms with Gasteiger partial charge in [0.25, 0.3) is 5.91 Å². The molecule has 0 aromatic carbocycles. The van der Waals surface area contributed by atoms with Gasteiger partial charge in [-0.1, -0.05) is 0 Å². The second-order valence-electron chi connectivity index (χ2n) is 4.67. The molecule has 124 valence electrons. The number of thiophene rings is 1. The fourth-order valence-corrected chi connectivity index (χ4v) is 4.22. The second kappa shape index (κ2) is 7.53. The molecule has 2 heterocycles. The number of hydrogen-bond donors (Lipinski definition) is 3. The molecule has 0 aliphatic heterocycles. The van der Waals surface area contributed by atoms with Gasteiger partial charge in [0.15, 0.2) is 0 Å². The lowest BCUT2D eigenvalue weighted by Gasteiger charge is -2.10. The number of aromatic nitrogens is 1. The molecule has 0 aliphatic carbocycles. The van der Waals surface area contributed by atoms with Crippen molar-refractivity contribution in [2.45, 2.75) is 11.1 Å². The number of pyridine rings is 1. The van der Waals surface area contributed by atoms with E-state index in [0.717, 1.165) is 4.88 Å². The van der Waals surface area contributed by atoms with Crippen molar-refractivity contribution < 1.29 is 13.2 Å². The van der Waals surface area contributed by atoms with Gasteiger partial charge in [0.05, 0.1) is 5.56 Å². The van der Waals surface area contributed by atoms with Gasteiger partial charge in [-0.15, -0.1) is 11.3 Å². The summed E-state index contributed by atoms with van der Waals surface area (Å²) in [7, 11) is -1.96. The van der Waals surface area contributed by atoms with E-state index in [1.54, 1.807) is 30.5 Å². The van der Waals surface area contributed by atoms with Gasteiger partial charge in [0.2, 0.25) is 10.0 Å². The molecule has 7 nitrogen and oxygen atoms in total. The van der Waals surface area contributed by atoms with Crippen LogP contribution in [0.2, 0.25) is 0 Å². The van der Waals surface area contributed by atoms with Crippen molar-refractivity contribution in [1.82, 2.24) is 15.0 Å².